The van der Waals surface area contributed by atoms with Crippen molar-refractivity contribution in [3.05, 3.63) is 52.2 Å². The van der Waals surface area contributed by atoms with Gasteiger partial charge >= 0.3 is 12.3 Å². The van der Waals surface area contributed by atoms with E-state index in [2.05, 4.69) is 9.72 Å². The first-order chi connectivity index (χ1) is 11.8. The molecule has 1 heterocycles. The van der Waals surface area contributed by atoms with Gasteiger partial charge in [-0.05, 0) is 19.1 Å². The lowest BCUT2D eigenvalue weighted by Crippen LogP contribution is -2.24. The lowest BCUT2D eigenvalue weighted by molar-refractivity contribution is -0.0498. The number of rotatable bonds is 3. The molecule has 3 N–H and O–H groups in total. The van der Waals surface area contributed by atoms with E-state index in [1.54, 1.807) is 0 Å². The van der Waals surface area contributed by atoms with Crippen LogP contribution in [0.15, 0.2) is 35.1 Å². The minimum Gasteiger partial charge on any atom is -0.507 e. The second kappa shape index (κ2) is 6.00. The van der Waals surface area contributed by atoms with E-state index in [9.17, 15) is 23.1 Å². The summed E-state index contributed by atoms with van der Waals surface area (Å²) >= 11 is 0. The zero-order chi connectivity index (χ0) is 18.3. The molecule has 0 spiro atoms. The van der Waals surface area contributed by atoms with E-state index in [0.717, 1.165) is 16.7 Å². The van der Waals surface area contributed by atoms with Crippen molar-refractivity contribution in [3.63, 3.8) is 0 Å². The fraction of sp³-hybridized carbons (Fsp3) is 0.125. The van der Waals surface area contributed by atoms with Crippen molar-refractivity contribution in [2.45, 2.75) is 13.5 Å². The Labute approximate surface area is 138 Å². The van der Waals surface area contributed by atoms with Crippen LogP contribution in [0.5, 0.6) is 11.5 Å². The van der Waals surface area contributed by atoms with Crippen LogP contribution in [0.2, 0.25) is 0 Å². The summed E-state index contributed by atoms with van der Waals surface area (Å²) in [6.45, 7) is -1.69. The van der Waals surface area contributed by atoms with E-state index in [0.29, 0.717) is 0 Å². The summed E-state index contributed by atoms with van der Waals surface area (Å²) in [5.41, 5.74) is 5.05. The zero-order valence-electron chi connectivity index (χ0n) is 12.8. The third kappa shape index (κ3) is 2.84. The number of aromatic hydroxyl groups is 1. The number of halogens is 3. The summed E-state index contributed by atoms with van der Waals surface area (Å²) in [7, 11) is 0. The number of hydrogen-bond donors (Lipinski definition) is 2. The van der Waals surface area contributed by atoms with Crippen LogP contribution < -0.4 is 16.2 Å². The number of phenols is 1. The van der Waals surface area contributed by atoms with Crippen molar-refractivity contribution in [1.29, 1.82) is 0 Å². The van der Waals surface area contributed by atoms with Crippen LogP contribution in [0.3, 0.4) is 0 Å². The average molecular weight is 351 g/mol. The molecule has 3 aromatic rings. The molecule has 0 saturated heterocycles. The molecular weight excluding hydrogens is 339 g/mol. The van der Waals surface area contributed by atoms with Crippen molar-refractivity contribution in [1.82, 2.24) is 9.55 Å². The Morgan fingerprint density at radius 3 is 2.72 bits per heavy atom. The molecule has 130 valence electrons. The SMILES string of the molecule is Cc1c(F)cccc1-n1c(=O)nc(N)c2c(O)cc(OC(F)F)cc21. The number of hydrogen-bond acceptors (Lipinski definition) is 5. The van der Waals surface area contributed by atoms with Crippen molar-refractivity contribution in [3.8, 4) is 17.2 Å². The summed E-state index contributed by atoms with van der Waals surface area (Å²) in [5, 5.41) is 10.1. The highest BCUT2D eigenvalue weighted by Crippen LogP contribution is 2.34. The first-order valence-corrected chi connectivity index (χ1v) is 7.05. The fourth-order valence-electron chi connectivity index (χ4n) is 2.58. The second-order valence-corrected chi connectivity index (χ2v) is 5.21. The Morgan fingerprint density at radius 1 is 1.32 bits per heavy atom. The lowest BCUT2D eigenvalue weighted by Gasteiger charge is -2.15. The number of nitrogens with zero attached hydrogens (tertiary/aromatic N) is 2. The zero-order valence-corrected chi connectivity index (χ0v) is 12.8. The molecule has 0 aliphatic heterocycles. The van der Waals surface area contributed by atoms with E-state index in [-0.39, 0.29) is 33.7 Å². The van der Waals surface area contributed by atoms with Crippen LogP contribution in [0.1, 0.15) is 5.56 Å². The van der Waals surface area contributed by atoms with E-state index in [4.69, 9.17) is 5.73 Å². The molecule has 3 rings (SSSR count). The van der Waals surface area contributed by atoms with Gasteiger partial charge in [-0.15, -0.1) is 0 Å². The standard InChI is InChI=1S/C16H12F3N3O3/c1-7-9(17)3-2-4-10(7)22-11-5-8(25-15(18)19)6-12(23)13(11)14(20)21-16(22)24/h2-6,15,23H,1H3,(H2,20,21,24). The normalized spacial score (nSPS) is 11.2. The minimum atomic E-state index is -3.13. The molecule has 0 aliphatic rings. The van der Waals surface area contributed by atoms with Crippen molar-refractivity contribution in [2.24, 2.45) is 0 Å². The summed E-state index contributed by atoms with van der Waals surface area (Å²) in [4.78, 5) is 16.0. The Kier molecular flexibility index (Phi) is 3.99. The molecule has 0 aliphatic carbocycles. The van der Waals surface area contributed by atoms with E-state index in [1.165, 1.54) is 25.1 Å². The highest BCUT2D eigenvalue weighted by molar-refractivity contribution is 5.95. The van der Waals surface area contributed by atoms with E-state index >= 15 is 0 Å². The summed E-state index contributed by atoms with van der Waals surface area (Å²) in [6, 6.07) is 6.07. The molecular formula is C16H12F3N3O3. The van der Waals surface area contributed by atoms with Crippen LogP contribution in [-0.4, -0.2) is 21.3 Å². The van der Waals surface area contributed by atoms with Gasteiger partial charge < -0.3 is 15.6 Å². The van der Waals surface area contributed by atoms with Crippen LogP contribution in [0, 0.1) is 12.7 Å². The van der Waals surface area contributed by atoms with Crippen LogP contribution in [-0.2, 0) is 0 Å². The number of ether oxygens (including phenoxy) is 1. The molecule has 25 heavy (non-hydrogen) atoms. The number of nitrogen functional groups attached to an aromatic ring is 1. The summed E-state index contributed by atoms with van der Waals surface area (Å²) in [6.07, 6.45) is 0. The van der Waals surface area contributed by atoms with Gasteiger partial charge in [0.05, 0.1) is 16.6 Å². The largest absolute Gasteiger partial charge is 0.507 e. The molecule has 0 saturated carbocycles. The fourth-order valence-corrected chi connectivity index (χ4v) is 2.58. The van der Waals surface area contributed by atoms with Gasteiger partial charge in [-0.25, -0.2) is 9.18 Å². The van der Waals surface area contributed by atoms with Gasteiger partial charge in [0.25, 0.3) is 0 Å². The monoisotopic (exact) mass is 351 g/mol. The quantitative estimate of drug-likeness (QED) is 0.757. The highest BCUT2D eigenvalue weighted by Gasteiger charge is 2.18. The molecule has 0 bridgehead atoms. The number of anilines is 1. The third-order valence-corrected chi connectivity index (χ3v) is 3.68. The number of aromatic nitrogens is 2. The predicted octanol–water partition coefficient (Wildman–Crippen LogP) is 2.72. The number of nitrogens with two attached hydrogens (primary N) is 1. The minimum absolute atomic E-state index is 0.0372. The van der Waals surface area contributed by atoms with Gasteiger partial charge in [-0.3, -0.25) is 4.57 Å². The second-order valence-electron chi connectivity index (χ2n) is 5.21. The lowest BCUT2D eigenvalue weighted by atomic mass is 10.1. The predicted molar refractivity (Wildman–Crippen MR) is 84.7 cm³/mol. The summed E-state index contributed by atoms with van der Waals surface area (Å²) in [5.74, 6) is -1.74. The van der Waals surface area contributed by atoms with Crippen molar-refractivity contribution >= 4 is 16.7 Å². The van der Waals surface area contributed by atoms with Gasteiger partial charge in [0.15, 0.2) is 0 Å². The maximum absolute atomic E-state index is 13.9. The first-order valence-electron chi connectivity index (χ1n) is 7.05. The van der Waals surface area contributed by atoms with Crippen molar-refractivity contribution < 1.29 is 23.0 Å². The van der Waals surface area contributed by atoms with E-state index in [1.807, 2.05) is 0 Å². The maximum atomic E-state index is 13.9. The van der Waals surface area contributed by atoms with Crippen LogP contribution in [0.25, 0.3) is 16.6 Å². The van der Waals surface area contributed by atoms with Gasteiger partial charge in [-0.2, -0.15) is 13.8 Å². The third-order valence-electron chi connectivity index (χ3n) is 3.68. The number of fused-ring (bicyclic) bond motifs is 1. The smallest absolute Gasteiger partial charge is 0.387 e. The Hall–Kier alpha value is -3.23. The molecule has 2 aromatic carbocycles. The Balaban J connectivity index is 2.44. The van der Waals surface area contributed by atoms with Gasteiger partial charge in [-0.1, -0.05) is 6.07 Å². The Bertz CT molecular complexity index is 1030. The van der Waals surface area contributed by atoms with Gasteiger partial charge in [0.2, 0.25) is 0 Å². The molecule has 0 fully saturated rings. The average Bonchev–Trinajstić information content (AvgIpc) is 2.49. The number of benzene rings is 2. The van der Waals surface area contributed by atoms with Crippen LogP contribution >= 0.6 is 0 Å². The molecule has 1 aromatic heterocycles. The van der Waals surface area contributed by atoms with Crippen LogP contribution in [0.4, 0.5) is 19.0 Å². The molecule has 0 radical (unpaired) electrons. The molecule has 0 unspecified atom stereocenters. The number of phenolic OH excluding ortho intramolecular Hbond substituents is 1. The number of alkyl halides is 2. The highest BCUT2D eigenvalue weighted by atomic mass is 19.3. The maximum Gasteiger partial charge on any atom is 0.387 e. The first kappa shape index (κ1) is 16.6. The molecule has 6 nitrogen and oxygen atoms in total. The molecule has 0 atom stereocenters. The Morgan fingerprint density at radius 2 is 2.04 bits per heavy atom. The summed E-state index contributed by atoms with van der Waals surface area (Å²) < 4.78 is 44.1. The topological polar surface area (TPSA) is 90.4 Å². The van der Waals surface area contributed by atoms with E-state index < -0.39 is 23.9 Å². The van der Waals surface area contributed by atoms with Gasteiger partial charge in [0.1, 0.15) is 23.1 Å². The van der Waals surface area contributed by atoms with Crippen molar-refractivity contribution in [2.75, 3.05) is 5.73 Å². The molecule has 0 amide bonds. The van der Waals surface area contributed by atoms with Gasteiger partial charge in [0, 0.05) is 17.7 Å². The molecule has 9 heteroatoms.